The molecule has 0 spiro atoms. The van der Waals surface area contributed by atoms with Crippen molar-refractivity contribution < 1.29 is 19.2 Å². The molecule has 1 unspecified atom stereocenters. The standard InChI is InChI=1S/C21H20ClN3O4S/c1-11-2-3-12(6-15(11)22)7-18(27)23-9-14-8-13-10-25(21(29)19(13)30-14)16-4-5-17(26)24-20(16)28/h2-3,6,8,16H,4-5,7,9-10H2,1H3,(H,23,27)(H,24,26,28). The molecule has 1 aromatic carbocycles. The highest BCUT2D eigenvalue weighted by molar-refractivity contribution is 7.14. The molecule has 2 aliphatic heterocycles. The third kappa shape index (κ3) is 4.11. The van der Waals surface area contributed by atoms with Crippen LogP contribution in [-0.2, 0) is 33.9 Å². The van der Waals surface area contributed by atoms with Crippen molar-refractivity contribution in [2.75, 3.05) is 0 Å². The lowest BCUT2D eigenvalue weighted by molar-refractivity contribution is -0.137. The van der Waals surface area contributed by atoms with Gasteiger partial charge in [0.1, 0.15) is 6.04 Å². The second-order valence-electron chi connectivity index (χ2n) is 7.50. The number of imide groups is 1. The van der Waals surface area contributed by atoms with E-state index >= 15 is 0 Å². The van der Waals surface area contributed by atoms with Crippen LogP contribution < -0.4 is 10.6 Å². The largest absolute Gasteiger partial charge is 0.351 e. The van der Waals surface area contributed by atoms with Gasteiger partial charge in [0.25, 0.3) is 5.91 Å². The molecule has 1 aromatic heterocycles. The Hall–Kier alpha value is -2.71. The number of benzene rings is 1. The smallest absolute Gasteiger partial charge is 0.265 e. The van der Waals surface area contributed by atoms with Crippen molar-refractivity contribution in [2.45, 2.75) is 45.3 Å². The molecular formula is C21H20ClN3O4S. The van der Waals surface area contributed by atoms with E-state index in [1.165, 1.54) is 16.2 Å². The zero-order valence-corrected chi connectivity index (χ0v) is 17.9. The van der Waals surface area contributed by atoms with Gasteiger partial charge in [-0.3, -0.25) is 24.5 Å². The second kappa shape index (κ2) is 8.20. The second-order valence-corrected chi connectivity index (χ2v) is 9.05. The van der Waals surface area contributed by atoms with E-state index in [2.05, 4.69) is 10.6 Å². The minimum Gasteiger partial charge on any atom is -0.351 e. The quantitative estimate of drug-likeness (QED) is 0.690. The maximum atomic E-state index is 12.7. The Morgan fingerprint density at radius 2 is 2.10 bits per heavy atom. The molecule has 1 fully saturated rings. The Morgan fingerprint density at radius 3 is 2.80 bits per heavy atom. The van der Waals surface area contributed by atoms with Crippen molar-refractivity contribution in [3.05, 3.63) is 55.7 Å². The molecule has 3 heterocycles. The summed E-state index contributed by atoms with van der Waals surface area (Å²) in [6, 6.07) is 6.84. The summed E-state index contributed by atoms with van der Waals surface area (Å²) in [6.45, 7) is 2.58. The predicted octanol–water partition coefficient (Wildman–Crippen LogP) is 2.33. The minimum absolute atomic E-state index is 0.125. The van der Waals surface area contributed by atoms with E-state index in [-0.39, 0.29) is 30.6 Å². The van der Waals surface area contributed by atoms with Gasteiger partial charge in [-0.05, 0) is 42.2 Å². The first-order chi connectivity index (χ1) is 14.3. The number of hydrogen-bond acceptors (Lipinski definition) is 5. The van der Waals surface area contributed by atoms with Crippen LogP contribution in [0, 0.1) is 6.92 Å². The first-order valence-corrected chi connectivity index (χ1v) is 10.8. The maximum Gasteiger partial charge on any atom is 0.265 e. The van der Waals surface area contributed by atoms with Crippen molar-refractivity contribution >= 4 is 46.6 Å². The van der Waals surface area contributed by atoms with Gasteiger partial charge in [-0.25, -0.2) is 0 Å². The van der Waals surface area contributed by atoms with Gasteiger partial charge < -0.3 is 10.2 Å². The van der Waals surface area contributed by atoms with Gasteiger partial charge in [0.15, 0.2) is 0 Å². The number of piperidine rings is 1. The number of aryl methyl sites for hydroxylation is 1. The van der Waals surface area contributed by atoms with E-state index in [4.69, 9.17) is 11.6 Å². The number of nitrogens with zero attached hydrogens (tertiary/aromatic N) is 1. The fraction of sp³-hybridized carbons (Fsp3) is 0.333. The molecule has 0 aliphatic carbocycles. The average molecular weight is 446 g/mol. The fourth-order valence-electron chi connectivity index (χ4n) is 3.67. The van der Waals surface area contributed by atoms with Crippen LogP contribution in [0.1, 0.15) is 44.1 Å². The van der Waals surface area contributed by atoms with Crippen molar-refractivity contribution in [1.82, 2.24) is 15.5 Å². The number of halogens is 1. The lowest BCUT2D eigenvalue weighted by Crippen LogP contribution is -2.52. The van der Waals surface area contributed by atoms with Crippen LogP contribution in [0.25, 0.3) is 0 Å². The van der Waals surface area contributed by atoms with Gasteiger partial charge in [0, 0.05) is 22.9 Å². The number of carbonyl (C=O) groups is 4. The monoisotopic (exact) mass is 445 g/mol. The summed E-state index contributed by atoms with van der Waals surface area (Å²) < 4.78 is 0. The van der Waals surface area contributed by atoms with Crippen molar-refractivity contribution in [3.63, 3.8) is 0 Å². The summed E-state index contributed by atoms with van der Waals surface area (Å²) >= 11 is 7.43. The van der Waals surface area contributed by atoms with E-state index in [1.807, 2.05) is 25.1 Å². The van der Waals surface area contributed by atoms with Gasteiger partial charge in [-0.1, -0.05) is 23.7 Å². The number of fused-ring (bicyclic) bond motifs is 1. The molecule has 0 bridgehead atoms. The van der Waals surface area contributed by atoms with Crippen LogP contribution >= 0.6 is 22.9 Å². The summed E-state index contributed by atoms with van der Waals surface area (Å²) in [7, 11) is 0. The molecule has 2 aromatic rings. The zero-order chi connectivity index (χ0) is 21.4. The van der Waals surface area contributed by atoms with E-state index in [1.54, 1.807) is 6.07 Å². The van der Waals surface area contributed by atoms with E-state index < -0.39 is 11.9 Å². The van der Waals surface area contributed by atoms with Gasteiger partial charge in [0.05, 0.1) is 17.8 Å². The van der Waals surface area contributed by atoms with E-state index in [0.29, 0.717) is 29.4 Å². The molecule has 4 rings (SSSR count). The molecule has 2 N–H and O–H groups in total. The van der Waals surface area contributed by atoms with E-state index in [9.17, 15) is 19.2 Å². The SMILES string of the molecule is Cc1ccc(CC(=O)NCc2cc3c(s2)C(=O)N(C2CCC(=O)NC2=O)C3)cc1Cl. The predicted molar refractivity (Wildman–Crippen MR) is 112 cm³/mol. The lowest BCUT2D eigenvalue weighted by Gasteiger charge is -2.29. The molecule has 4 amide bonds. The number of thiophene rings is 1. The molecule has 1 atom stereocenters. The first kappa shape index (κ1) is 20.6. The van der Waals surface area contributed by atoms with Crippen molar-refractivity contribution in [1.29, 1.82) is 0 Å². The Kier molecular flexibility index (Phi) is 5.62. The Morgan fingerprint density at radius 1 is 1.30 bits per heavy atom. The first-order valence-electron chi connectivity index (χ1n) is 9.60. The molecule has 9 heteroatoms. The van der Waals surface area contributed by atoms with Crippen molar-refractivity contribution in [3.8, 4) is 0 Å². The number of hydrogen-bond donors (Lipinski definition) is 2. The fourth-order valence-corrected chi connectivity index (χ4v) is 4.94. The summed E-state index contributed by atoms with van der Waals surface area (Å²) in [4.78, 5) is 51.4. The van der Waals surface area contributed by atoms with Gasteiger partial charge in [-0.15, -0.1) is 11.3 Å². The molecule has 30 heavy (non-hydrogen) atoms. The zero-order valence-electron chi connectivity index (χ0n) is 16.3. The summed E-state index contributed by atoms with van der Waals surface area (Å²) in [5, 5.41) is 5.80. The Bertz CT molecular complexity index is 1060. The van der Waals surface area contributed by atoms with Crippen LogP contribution in [0.4, 0.5) is 0 Å². The molecule has 0 radical (unpaired) electrons. The number of carbonyl (C=O) groups excluding carboxylic acids is 4. The molecule has 0 saturated carbocycles. The normalized spacial score (nSPS) is 18.4. The topological polar surface area (TPSA) is 95.6 Å². The van der Waals surface area contributed by atoms with Crippen LogP contribution in [-0.4, -0.2) is 34.6 Å². The molecule has 2 aliphatic rings. The van der Waals surface area contributed by atoms with Crippen LogP contribution in [0.5, 0.6) is 0 Å². The van der Waals surface area contributed by atoms with Gasteiger partial charge in [-0.2, -0.15) is 0 Å². The number of amides is 4. The lowest BCUT2D eigenvalue weighted by atomic mass is 10.0. The number of nitrogens with one attached hydrogen (secondary N) is 2. The highest BCUT2D eigenvalue weighted by Crippen LogP contribution is 2.33. The third-order valence-corrected chi connectivity index (χ3v) is 6.88. The number of rotatable bonds is 5. The summed E-state index contributed by atoms with van der Waals surface area (Å²) in [6.07, 6.45) is 0.807. The summed E-state index contributed by atoms with van der Waals surface area (Å²) in [5.74, 6) is -1.04. The summed E-state index contributed by atoms with van der Waals surface area (Å²) in [5.41, 5.74) is 2.65. The van der Waals surface area contributed by atoms with E-state index in [0.717, 1.165) is 21.6 Å². The maximum absolute atomic E-state index is 12.7. The highest BCUT2D eigenvalue weighted by Gasteiger charge is 2.40. The molecule has 156 valence electrons. The van der Waals surface area contributed by atoms with Crippen molar-refractivity contribution in [2.24, 2.45) is 0 Å². The van der Waals surface area contributed by atoms with Crippen LogP contribution in [0.2, 0.25) is 5.02 Å². The third-order valence-electron chi connectivity index (χ3n) is 5.30. The Labute approximate surface area is 182 Å². The molecule has 1 saturated heterocycles. The molecule has 7 nitrogen and oxygen atoms in total. The van der Waals surface area contributed by atoms with Gasteiger partial charge >= 0.3 is 0 Å². The Balaban J connectivity index is 1.34. The highest BCUT2D eigenvalue weighted by atomic mass is 35.5. The van der Waals surface area contributed by atoms with Crippen LogP contribution in [0.15, 0.2) is 24.3 Å². The average Bonchev–Trinajstić information content (AvgIpc) is 3.22. The molecular weight excluding hydrogens is 426 g/mol. The van der Waals surface area contributed by atoms with Crippen LogP contribution in [0.3, 0.4) is 0 Å². The minimum atomic E-state index is -0.612. The van der Waals surface area contributed by atoms with Gasteiger partial charge in [0.2, 0.25) is 17.7 Å².